The monoisotopic (exact) mass is 361 g/mol. The number of aromatic nitrogens is 2. The third kappa shape index (κ3) is 3.87. The Balaban J connectivity index is 1.49. The predicted molar refractivity (Wildman–Crippen MR) is 98.0 cm³/mol. The van der Waals surface area contributed by atoms with Gasteiger partial charge in [0.25, 0.3) is 11.8 Å². The largest absolute Gasteiger partial charge is 0.484 e. The molecule has 0 aliphatic heterocycles. The molecule has 2 aromatic carbocycles. The molecule has 1 N–H and O–H groups in total. The fourth-order valence-electron chi connectivity index (χ4n) is 2.47. The van der Waals surface area contributed by atoms with Crippen LogP contribution < -0.4 is 10.1 Å². The fourth-order valence-corrected chi connectivity index (χ4v) is 2.47. The Morgan fingerprint density at radius 3 is 2.63 bits per heavy atom. The molecule has 134 valence electrons. The Labute approximate surface area is 154 Å². The summed E-state index contributed by atoms with van der Waals surface area (Å²) < 4.78 is 16.1. The van der Waals surface area contributed by atoms with Gasteiger partial charge >= 0.3 is 0 Å². The minimum atomic E-state index is -0.294. The smallest absolute Gasteiger partial charge is 0.262 e. The van der Waals surface area contributed by atoms with Gasteiger partial charge < -0.3 is 19.0 Å². The van der Waals surface area contributed by atoms with Gasteiger partial charge in [-0.1, -0.05) is 35.5 Å². The van der Waals surface area contributed by atoms with Crippen LogP contribution in [0.1, 0.15) is 0 Å². The Morgan fingerprint density at radius 1 is 1.00 bits per heavy atom. The lowest BCUT2D eigenvalue weighted by molar-refractivity contribution is -0.118. The molecule has 0 saturated carbocycles. The molecular formula is C20H15N3O4. The first kappa shape index (κ1) is 16.6. The van der Waals surface area contributed by atoms with E-state index in [0.717, 1.165) is 0 Å². The third-order valence-electron chi connectivity index (χ3n) is 3.71. The topological polar surface area (TPSA) is 90.4 Å². The van der Waals surface area contributed by atoms with Gasteiger partial charge in [-0.25, -0.2) is 0 Å². The van der Waals surface area contributed by atoms with Crippen LogP contribution in [-0.2, 0) is 4.79 Å². The van der Waals surface area contributed by atoms with E-state index < -0.39 is 0 Å². The zero-order valence-electron chi connectivity index (χ0n) is 14.2. The number of hydrogen-bond donors (Lipinski definition) is 1. The van der Waals surface area contributed by atoms with Crippen molar-refractivity contribution >= 4 is 11.6 Å². The summed E-state index contributed by atoms with van der Waals surface area (Å²) in [6, 6.07) is 19.8. The van der Waals surface area contributed by atoms with Crippen LogP contribution in [0.15, 0.2) is 81.9 Å². The highest BCUT2D eigenvalue weighted by Gasteiger charge is 2.16. The van der Waals surface area contributed by atoms with Crippen molar-refractivity contribution in [1.29, 1.82) is 0 Å². The van der Waals surface area contributed by atoms with Crippen LogP contribution in [0.25, 0.3) is 23.0 Å². The number of nitrogens with zero attached hydrogens (tertiary/aromatic N) is 2. The summed E-state index contributed by atoms with van der Waals surface area (Å²) in [5.41, 5.74) is 1.16. The summed E-state index contributed by atoms with van der Waals surface area (Å²) in [4.78, 5) is 16.6. The number of ether oxygens (including phenoxy) is 1. The molecule has 0 bridgehead atoms. The highest BCUT2D eigenvalue weighted by molar-refractivity contribution is 5.95. The number of furan rings is 1. The third-order valence-corrected chi connectivity index (χ3v) is 3.71. The average Bonchev–Trinajstić information content (AvgIpc) is 3.39. The van der Waals surface area contributed by atoms with Crippen LogP contribution in [-0.4, -0.2) is 22.7 Å². The zero-order chi connectivity index (χ0) is 18.5. The SMILES string of the molecule is O=C(COc1ccccc1)Nc1ccccc1-c1nc(-c2ccco2)no1. The summed E-state index contributed by atoms with van der Waals surface area (Å²) in [6.07, 6.45) is 1.53. The molecule has 7 nitrogen and oxygen atoms in total. The summed E-state index contributed by atoms with van der Waals surface area (Å²) >= 11 is 0. The highest BCUT2D eigenvalue weighted by Crippen LogP contribution is 2.28. The quantitative estimate of drug-likeness (QED) is 0.558. The van der Waals surface area contributed by atoms with Gasteiger partial charge in [0, 0.05) is 0 Å². The molecule has 2 aromatic heterocycles. The van der Waals surface area contributed by atoms with E-state index in [0.29, 0.717) is 28.6 Å². The van der Waals surface area contributed by atoms with Crippen LogP contribution in [0, 0.1) is 0 Å². The van der Waals surface area contributed by atoms with Crippen molar-refractivity contribution < 1.29 is 18.5 Å². The van der Waals surface area contributed by atoms with Crippen LogP contribution in [0.2, 0.25) is 0 Å². The van der Waals surface area contributed by atoms with Crippen molar-refractivity contribution in [2.45, 2.75) is 0 Å². The second kappa shape index (κ2) is 7.57. The van der Waals surface area contributed by atoms with Gasteiger partial charge in [-0.15, -0.1) is 0 Å². The highest BCUT2D eigenvalue weighted by atomic mass is 16.5. The number of carbonyl (C=O) groups excluding carboxylic acids is 1. The van der Waals surface area contributed by atoms with E-state index in [4.69, 9.17) is 13.7 Å². The predicted octanol–water partition coefficient (Wildman–Crippen LogP) is 4.01. The Hall–Kier alpha value is -3.87. The molecule has 27 heavy (non-hydrogen) atoms. The minimum absolute atomic E-state index is 0.111. The number of hydrogen-bond acceptors (Lipinski definition) is 6. The standard InChI is InChI=1S/C20H15N3O4/c24-18(13-26-14-7-2-1-3-8-14)21-16-10-5-4-9-15(16)20-22-19(23-27-20)17-11-6-12-25-17/h1-12H,13H2,(H,21,24). The van der Waals surface area contributed by atoms with E-state index in [2.05, 4.69) is 15.5 Å². The number of nitrogens with one attached hydrogen (secondary N) is 1. The lowest BCUT2D eigenvalue weighted by atomic mass is 10.1. The van der Waals surface area contributed by atoms with Gasteiger partial charge in [0.2, 0.25) is 5.82 Å². The molecule has 7 heteroatoms. The number of rotatable bonds is 6. The van der Waals surface area contributed by atoms with Gasteiger partial charge in [0.1, 0.15) is 5.75 Å². The van der Waals surface area contributed by atoms with Crippen LogP contribution in [0.5, 0.6) is 5.75 Å². The average molecular weight is 361 g/mol. The summed E-state index contributed by atoms with van der Waals surface area (Å²) in [5.74, 6) is 1.45. The van der Waals surface area contributed by atoms with Gasteiger partial charge in [-0.3, -0.25) is 4.79 Å². The van der Waals surface area contributed by atoms with E-state index in [1.807, 2.05) is 24.3 Å². The molecule has 0 fully saturated rings. The molecule has 1 amide bonds. The summed E-state index contributed by atoms with van der Waals surface area (Å²) in [6.45, 7) is -0.111. The molecule has 0 aliphatic rings. The number of amides is 1. The van der Waals surface area contributed by atoms with Crippen molar-refractivity contribution in [1.82, 2.24) is 10.1 Å². The summed E-state index contributed by atoms with van der Waals surface area (Å²) in [7, 11) is 0. The molecule has 0 aliphatic carbocycles. The maximum Gasteiger partial charge on any atom is 0.262 e. The Bertz CT molecular complexity index is 1030. The summed E-state index contributed by atoms with van der Waals surface area (Å²) in [5, 5.41) is 6.72. The normalized spacial score (nSPS) is 10.5. The Kier molecular flexibility index (Phi) is 4.65. The van der Waals surface area contributed by atoms with Gasteiger partial charge in [-0.2, -0.15) is 4.98 Å². The van der Waals surface area contributed by atoms with Crippen molar-refractivity contribution in [3.63, 3.8) is 0 Å². The second-order valence-electron chi connectivity index (χ2n) is 5.60. The van der Waals surface area contributed by atoms with E-state index >= 15 is 0 Å². The second-order valence-corrected chi connectivity index (χ2v) is 5.60. The minimum Gasteiger partial charge on any atom is -0.484 e. The number of carbonyl (C=O) groups is 1. The van der Waals surface area contributed by atoms with Gasteiger partial charge in [0.15, 0.2) is 12.4 Å². The molecule has 0 spiro atoms. The molecule has 0 saturated heterocycles. The molecule has 0 radical (unpaired) electrons. The van der Waals surface area contributed by atoms with Crippen LogP contribution in [0.4, 0.5) is 5.69 Å². The van der Waals surface area contributed by atoms with Crippen molar-refractivity contribution in [2.75, 3.05) is 11.9 Å². The molecule has 4 rings (SSSR count). The lowest BCUT2D eigenvalue weighted by Gasteiger charge is -2.09. The number of benzene rings is 2. The first-order chi connectivity index (χ1) is 13.3. The van der Waals surface area contributed by atoms with Crippen molar-refractivity contribution in [2.24, 2.45) is 0 Å². The fraction of sp³-hybridized carbons (Fsp3) is 0.0500. The van der Waals surface area contributed by atoms with E-state index in [1.54, 1.807) is 42.5 Å². The van der Waals surface area contributed by atoms with Crippen molar-refractivity contribution in [3.05, 3.63) is 73.0 Å². The number of anilines is 1. The first-order valence-electron chi connectivity index (χ1n) is 8.24. The first-order valence-corrected chi connectivity index (χ1v) is 8.24. The van der Waals surface area contributed by atoms with E-state index in [9.17, 15) is 4.79 Å². The zero-order valence-corrected chi connectivity index (χ0v) is 14.2. The molecular weight excluding hydrogens is 346 g/mol. The molecule has 0 unspecified atom stereocenters. The van der Waals surface area contributed by atoms with Crippen molar-refractivity contribution in [3.8, 4) is 28.8 Å². The molecule has 4 aromatic rings. The van der Waals surface area contributed by atoms with Crippen LogP contribution in [0.3, 0.4) is 0 Å². The number of para-hydroxylation sites is 2. The van der Waals surface area contributed by atoms with E-state index in [1.165, 1.54) is 6.26 Å². The van der Waals surface area contributed by atoms with Gasteiger partial charge in [0.05, 0.1) is 17.5 Å². The van der Waals surface area contributed by atoms with Gasteiger partial charge in [-0.05, 0) is 36.4 Å². The Morgan fingerprint density at radius 2 is 1.81 bits per heavy atom. The molecule has 0 atom stereocenters. The maximum atomic E-state index is 12.2. The lowest BCUT2D eigenvalue weighted by Crippen LogP contribution is -2.20. The van der Waals surface area contributed by atoms with Crippen LogP contribution >= 0.6 is 0 Å². The molecule has 2 heterocycles. The maximum absolute atomic E-state index is 12.2. The van der Waals surface area contributed by atoms with E-state index in [-0.39, 0.29) is 18.4 Å².